The highest BCUT2D eigenvalue weighted by Crippen LogP contribution is 2.10. The summed E-state index contributed by atoms with van der Waals surface area (Å²) in [6.45, 7) is 0.726. The number of esters is 1. The lowest BCUT2D eigenvalue weighted by atomic mass is 10.1. The quantitative estimate of drug-likeness (QED) is 0.518. The van der Waals surface area contributed by atoms with Crippen LogP contribution < -0.4 is 0 Å². The molecule has 1 fully saturated rings. The van der Waals surface area contributed by atoms with Crippen molar-refractivity contribution in [2.45, 2.75) is 25.4 Å². The van der Waals surface area contributed by atoms with E-state index < -0.39 is 30.6 Å². The number of hydrogen-bond donors (Lipinski definition) is 2. The molecule has 1 atom stereocenters. The first-order valence-corrected chi connectivity index (χ1v) is 6.05. The van der Waals surface area contributed by atoms with Gasteiger partial charge < -0.3 is 19.8 Å². The Morgan fingerprint density at radius 3 is 2.37 bits per heavy atom. The number of aliphatic carboxylic acids is 1. The fraction of sp³-hybridized carbons (Fsp3) is 0.583. The Balaban J connectivity index is 2.33. The fourth-order valence-corrected chi connectivity index (χ4v) is 1.74. The molecule has 0 radical (unpaired) electrons. The van der Waals surface area contributed by atoms with E-state index in [0.717, 1.165) is 25.3 Å². The van der Waals surface area contributed by atoms with Crippen LogP contribution in [0.5, 0.6) is 0 Å². The molecule has 106 valence electrons. The van der Waals surface area contributed by atoms with Gasteiger partial charge in [-0.25, -0.2) is 9.59 Å². The van der Waals surface area contributed by atoms with Gasteiger partial charge in [-0.2, -0.15) is 0 Å². The number of carboxylic acids is 1. The van der Waals surface area contributed by atoms with Crippen molar-refractivity contribution in [1.82, 2.24) is 4.90 Å². The molecule has 0 aromatic heterocycles. The van der Waals surface area contributed by atoms with Crippen molar-refractivity contribution < 1.29 is 29.3 Å². The Morgan fingerprint density at radius 2 is 1.79 bits per heavy atom. The predicted octanol–water partition coefficient (Wildman–Crippen LogP) is -0.456. The number of carbonyl (C=O) groups excluding carboxylic acids is 2. The van der Waals surface area contributed by atoms with Gasteiger partial charge in [0.1, 0.15) is 6.61 Å². The lowest BCUT2D eigenvalue weighted by molar-refractivity contribution is -0.150. The van der Waals surface area contributed by atoms with Gasteiger partial charge in [0.2, 0.25) is 0 Å². The summed E-state index contributed by atoms with van der Waals surface area (Å²) in [6, 6.07) is 0. The largest absolute Gasteiger partial charge is 0.478 e. The Bertz CT molecular complexity index is 372. The normalized spacial score (nSPS) is 17.2. The minimum absolute atomic E-state index is 0.463. The zero-order chi connectivity index (χ0) is 14.3. The van der Waals surface area contributed by atoms with Gasteiger partial charge in [-0.15, -0.1) is 0 Å². The van der Waals surface area contributed by atoms with Crippen molar-refractivity contribution in [3.63, 3.8) is 0 Å². The second-order valence-electron chi connectivity index (χ2n) is 4.20. The van der Waals surface area contributed by atoms with Crippen LogP contribution in [-0.2, 0) is 19.1 Å². The number of ether oxygens (including phenoxy) is 1. The maximum absolute atomic E-state index is 11.7. The first-order chi connectivity index (χ1) is 9.00. The first kappa shape index (κ1) is 15.2. The van der Waals surface area contributed by atoms with E-state index >= 15 is 0 Å². The zero-order valence-corrected chi connectivity index (χ0v) is 10.4. The Morgan fingerprint density at radius 1 is 1.16 bits per heavy atom. The molecule has 0 saturated carbocycles. The minimum Gasteiger partial charge on any atom is -0.478 e. The number of hydrogen-bond acceptors (Lipinski definition) is 5. The number of nitrogens with zero attached hydrogens (tertiary/aromatic N) is 1. The molecule has 1 aliphatic rings. The molecule has 1 unspecified atom stereocenters. The molecular formula is C12H17NO6. The predicted molar refractivity (Wildman–Crippen MR) is 64.2 cm³/mol. The second-order valence-corrected chi connectivity index (χ2v) is 4.20. The highest BCUT2D eigenvalue weighted by Gasteiger charge is 2.24. The molecule has 1 rings (SSSR count). The van der Waals surface area contributed by atoms with Gasteiger partial charge >= 0.3 is 11.9 Å². The molecule has 0 aromatic carbocycles. The van der Waals surface area contributed by atoms with Gasteiger partial charge in [-0.1, -0.05) is 0 Å². The molecule has 0 aliphatic carbocycles. The van der Waals surface area contributed by atoms with Crippen LogP contribution in [0.1, 0.15) is 19.3 Å². The third kappa shape index (κ3) is 5.52. The molecule has 0 bridgehead atoms. The van der Waals surface area contributed by atoms with E-state index in [1.807, 2.05) is 0 Å². The smallest absolute Gasteiger partial charge is 0.331 e. The highest BCUT2D eigenvalue weighted by atomic mass is 16.5. The molecule has 7 nitrogen and oxygen atoms in total. The number of carboxylic acid groups (broad SMARTS) is 1. The number of piperidine rings is 1. The van der Waals surface area contributed by atoms with Gasteiger partial charge in [-0.05, 0) is 19.3 Å². The molecule has 1 amide bonds. The highest BCUT2D eigenvalue weighted by molar-refractivity contribution is 5.91. The van der Waals surface area contributed by atoms with Crippen molar-refractivity contribution in [2.24, 2.45) is 0 Å². The van der Waals surface area contributed by atoms with Crippen LogP contribution in [0.4, 0.5) is 0 Å². The maximum atomic E-state index is 11.7. The van der Waals surface area contributed by atoms with E-state index in [1.54, 1.807) is 0 Å². The average molecular weight is 271 g/mol. The van der Waals surface area contributed by atoms with E-state index in [2.05, 4.69) is 4.74 Å². The Kier molecular flexibility index (Phi) is 6.01. The van der Waals surface area contributed by atoms with Gasteiger partial charge in [0, 0.05) is 25.2 Å². The molecule has 0 spiro atoms. The number of rotatable bonds is 5. The number of likely N-dealkylation sites (tertiary alicyclic amines) is 1. The van der Waals surface area contributed by atoms with Crippen LogP contribution in [-0.4, -0.2) is 58.8 Å². The summed E-state index contributed by atoms with van der Waals surface area (Å²) < 4.78 is 4.58. The monoisotopic (exact) mass is 271 g/mol. The maximum Gasteiger partial charge on any atom is 0.331 e. The van der Waals surface area contributed by atoms with Gasteiger partial charge in [0.15, 0.2) is 6.10 Å². The fourth-order valence-electron chi connectivity index (χ4n) is 1.74. The molecule has 1 heterocycles. The molecule has 2 N–H and O–H groups in total. The summed E-state index contributed by atoms with van der Waals surface area (Å²) in [6.07, 6.45) is 2.82. The van der Waals surface area contributed by atoms with Crippen LogP contribution in [0.3, 0.4) is 0 Å². The van der Waals surface area contributed by atoms with E-state index in [0.29, 0.717) is 19.2 Å². The Labute approximate surface area is 110 Å². The molecule has 7 heteroatoms. The zero-order valence-electron chi connectivity index (χ0n) is 10.4. The number of aliphatic hydroxyl groups is 1. The SMILES string of the molecule is O=C(O)/C=C/C(=O)OCC(O)C(=O)N1CCCCC1. The van der Waals surface area contributed by atoms with Crippen LogP contribution in [0.2, 0.25) is 0 Å². The number of carbonyl (C=O) groups is 3. The van der Waals surface area contributed by atoms with Crippen LogP contribution in [0.15, 0.2) is 12.2 Å². The van der Waals surface area contributed by atoms with Gasteiger partial charge in [0.25, 0.3) is 5.91 Å². The molecule has 19 heavy (non-hydrogen) atoms. The molecule has 1 aliphatic heterocycles. The minimum atomic E-state index is -1.40. The van der Waals surface area contributed by atoms with E-state index in [-0.39, 0.29) is 0 Å². The van der Waals surface area contributed by atoms with Crippen LogP contribution in [0, 0.1) is 0 Å². The Hall–Kier alpha value is -1.89. The van der Waals surface area contributed by atoms with Crippen LogP contribution >= 0.6 is 0 Å². The van der Waals surface area contributed by atoms with Crippen LogP contribution in [0.25, 0.3) is 0 Å². The van der Waals surface area contributed by atoms with E-state index in [1.165, 1.54) is 4.90 Å². The molecule has 0 aromatic rings. The lowest BCUT2D eigenvalue weighted by Gasteiger charge is -2.28. The molecular weight excluding hydrogens is 254 g/mol. The van der Waals surface area contributed by atoms with Crippen molar-refractivity contribution in [2.75, 3.05) is 19.7 Å². The average Bonchev–Trinajstić information content (AvgIpc) is 2.42. The topological polar surface area (TPSA) is 104 Å². The molecule has 1 saturated heterocycles. The van der Waals surface area contributed by atoms with Gasteiger partial charge in [0.05, 0.1) is 0 Å². The van der Waals surface area contributed by atoms with Crippen molar-refractivity contribution in [3.8, 4) is 0 Å². The summed E-state index contributed by atoms with van der Waals surface area (Å²) in [5.74, 6) is -2.65. The van der Waals surface area contributed by atoms with Crippen molar-refractivity contribution in [3.05, 3.63) is 12.2 Å². The van der Waals surface area contributed by atoms with E-state index in [9.17, 15) is 19.5 Å². The van der Waals surface area contributed by atoms with Crippen molar-refractivity contribution >= 4 is 17.8 Å². The summed E-state index contributed by atoms with van der Waals surface area (Å²) in [5, 5.41) is 17.9. The van der Waals surface area contributed by atoms with Gasteiger partial charge in [-0.3, -0.25) is 4.79 Å². The summed E-state index contributed by atoms with van der Waals surface area (Å²) in [7, 11) is 0. The number of aliphatic hydroxyl groups excluding tert-OH is 1. The second kappa shape index (κ2) is 7.52. The van der Waals surface area contributed by atoms with Crippen molar-refractivity contribution in [1.29, 1.82) is 0 Å². The van der Waals surface area contributed by atoms with E-state index in [4.69, 9.17) is 5.11 Å². The standard InChI is InChI=1S/C12H17NO6/c14-9(8-19-11(17)5-4-10(15)16)12(18)13-6-2-1-3-7-13/h4-5,9,14H,1-3,6-8H2,(H,15,16)/b5-4+. The summed E-state index contributed by atoms with van der Waals surface area (Å²) in [5.41, 5.74) is 0. The number of amides is 1. The summed E-state index contributed by atoms with van der Waals surface area (Å²) >= 11 is 0. The first-order valence-electron chi connectivity index (χ1n) is 6.05. The lowest BCUT2D eigenvalue weighted by Crippen LogP contribution is -2.44. The third-order valence-electron chi connectivity index (χ3n) is 2.70. The third-order valence-corrected chi connectivity index (χ3v) is 2.70. The summed E-state index contributed by atoms with van der Waals surface area (Å²) in [4.78, 5) is 34.5.